The summed E-state index contributed by atoms with van der Waals surface area (Å²) in [7, 11) is 1.45. The lowest BCUT2D eigenvalue weighted by atomic mass is 10.0. The number of nitrogens with zero attached hydrogens (tertiary/aromatic N) is 1. The van der Waals surface area contributed by atoms with Crippen LogP contribution in [0.1, 0.15) is 187 Å². The number of carbonyl (C=O) groups excluding carboxylic acids is 2. The number of hydrogen-bond acceptors (Lipinski definition) is 7. The van der Waals surface area contributed by atoms with Gasteiger partial charge < -0.3 is 18.9 Å². The number of rotatable bonds is 41. The number of likely N-dealkylation sites (N-methyl/N-ethyl adjacent to an activating group) is 1. The molecule has 0 amide bonds. The summed E-state index contributed by atoms with van der Waals surface area (Å²) in [6.45, 7) is 4.27. The lowest BCUT2D eigenvalue weighted by Crippen LogP contribution is -2.37. The van der Waals surface area contributed by atoms with Crippen LogP contribution in [0.25, 0.3) is 0 Å². The van der Waals surface area contributed by atoms with E-state index in [0.29, 0.717) is 17.4 Å². The van der Waals surface area contributed by atoms with Crippen molar-refractivity contribution in [2.45, 2.75) is 193 Å². The fraction of sp³-hybridized carbons (Fsp3) is 0.787. The number of carbonyl (C=O) groups is 2. The van der Waals surface area contributed by atoms with E-state index >= 15 is 0 Å². The highest BCUT2D eigenvalue weighted by Crippen LogP contribution is 2.43. The first kappa shape index (κ1) is 55.0. The van der Waals surface area contributed by atoms with E-state index in [9.17, 15) is 19.0 Å². The Bertz CT molecular complexity index is 1110. The first-order valence-electron chi connectivity index (χ1n) is 22.9. The van der Waals surface area contributed by atoms with Gasteiger partial charge in [0.1, 0.15) is 19.8 Å². The molecule has 0 aromatic carbocycles. The Morgan fingerprint density at radius 3 is 1.49 bits per heavy atom. The van der Waals surface area contributed by atoms with Crippen molar-refractivity contribution in [2.24, 2.45) is 0 Å². The van der Waals surface area contributed by atoms with Crippen molar-refractivity contribution < 1.29 is 42.1 Å². The average molecular weight is 825 g/mol. The average Bonchev–Trinajstić information content (AvgIpc) is 3.16. The van der Waals surface area contributed by atoms with E-state index in [2.05, 4.69) is 62.5 Å². The van der Waals surface area contributed by atoms with Crippen molar-refractivity contribution >= 4 is 19.8 Å². The fourth-order valence-corrected chi connectivity index (χ4v) is 6.81. The molecule has 2 unspecified atom stereocenters. The van der Waals surface area contributed by atoms with Gasteiger partial charge in [-0.15, -0.1) is 0 Å². The number of ether oxygens (including phenoxy) is 2. The Balaban J connectivity index is 4.36. The van der Waals surface area contributed by atoms with Gasteiger partial charge in [0.05, 0.1) is 27.7 Å². The van der Waals surface area contributed by atoms with Gasteiger partial charge in [-0.25, -0.2) is 4.57 Å². The molecule has 0 radical (unpaired) electrons. The standard InChI is InChI=1S/C47H86NO8P/c1-6-8-10-12-14-16-18-20-22-23-24-26-27-29-31-33-35-37-39-46(49)53-43-45(44-55-57(51,52)54-42-41-48(3,4)5)56-47(50)40-38-36-34-32-30-28-25-21-19-17-15-13-11-9-7-2/h9,11,15,17,21,25,30,32,45H,6-8,10,12-14,16,18-20,22-24,26-29,31,33-44H2,1-5H3/p+1/b11-9-,17-15-,25-21-,32-30-. The Morgan fingerprint density at radius 2 is 1.00 bits per heavy atom. The van der Waals surface area contributed by atoms with E-state index in [4.69, 9.17) is 18.5 Å². The normalized spacial score (nSPS) is 14.0. The lowest BCUT2D eigenvalue weighted by Gasteiger charge is -2.24. The van der Waals surface area contributed by atoms with Gasteiger partial charge in [0.15, 0.2) is 6.10 Å². The zero-order chi connectivity index (χ0) is 42.1. The minimum Gasteiger partial charge on any atom is -0.462 e. The molecule has 0 aromatic rings. The molecule has 0 aliphatic rings. The van der Waals surface area contributed by atoms with E-state index in [1.807, 2.05) is 21.1 Å². The minimum atomic E-state index is -4.39. The highest BCUT2D eigenvalue weighted by Gasteiger charge is 2.27. The Kier molecular flexibility index (Phi) is 38.0. The molecule has 332 valence electrons. The van der Waals surface area contributed by atoms with E-state index in [1.165, 1.54) is 96.3 Å². The topological polar surface area (TPSA) is 108 Å². The fourth-order valence-electron chi connectivity index (χ4n) is 6.06. The van der Waals surface area contributed by atoms with Crippen molar-refractivity contribution in [1.29, 1.82) is 0 Å². The maximum absolute atomic E-state index is 12.7. The van der Waals surface area contributed by atoms with Crippen LogP contribution in [-0.2, 0) is 32.7 Å². The third-order valence-corrected chi connectivity index (χ3v) is 10.6. The van der Waals surface area contributed by atoms with Crippen LogP contribution in [0.4, 0.5) is 0 Å². The summed E-state index contributed by atoms with van der Waals surface area (Å²) in [4.78, 5) is 35.4. The molecule has 2 atom stereocenters. The zero-order valence-electron chi connectivity index (χ0n) is 37.3. The SMILES string of the molecule is CC/C=C\C/C=C\C/C=C\C/C=C\CCCCC(=O)OC(COC(=O)CCCCCCCCCCCCCCCCCCCC)COP(=O)(O)OCC[N+](C)(C)C. The van der Waals surface area contributed by atoms with E-state index < -0.39 is 26.5 Å². The molecule has 0 bridgehead atoms. The smallest absolute Gasteiger partial charge is 0.462 e. The van der Waals surface area contributed by atoms with Gasteiger partial charge in [0.25, 0.3) is 0 Å². The molecule has 10 heteroatoms. The maximum atomic E-state index is 12.7. The van der Waals surface area contributed by atoms with Crippen molar-refractivity contribution in [3.05, 3.63) is 48.6 Å². The third kappa shape index (κ3) is 43.4. The molecule has 0 saturated carbocycles. The molecule has 0 aromatic heterocycles. The van der Waals surface area contributed by atoms with Crippen LogP contribution in [0.5, 0.6) is 0 Å². The Labute approximate surface area is 350 Å². The highest BCUT2D eigenvalue weighted by molar-refractivity contribution is 7.47. The van der Waals surface area contributed by atoms with Crippen LogP contribution in [0, 0.1) is 0 Å². The number of phosphoric acid groups is 1. The highest BCUT2D eigenvalue weighted by atomic mass is 31.2. The molecule has 0 fully saturated rings. The van der Waals surface area contributed by atoms with Gasteiger partial charge in [-0.1, -0.05) is 172 Å². The molecule has 0 aliphatic carbocycles. The molecule has 0 spiro atoms. The van der Waals surface area contributed by atoms with Crippen molar-refractivity contribution in [2.75, 3.05) is 47.5 Å². The second kappa shape index (κ2) is 39.4. The number of hydrogen-bond donors (Lipinski definition) is 1. The lowest BCUT2D eigenvalue weighted by molar-refractivity contribution is -0.870. The first-order chi connectivity index (χ1) is 27.5. The second-order valence-corrected chi connectivity index (χ2v) is 17.9. The van der Waals surface area contributed by atoms with Gasteiger partial charge in [-0.05, 0) is 51.4 Å². The number of phosphoric ester groups is 1. The summed E-state index contributed by atoms with van der Waals surface area (Å²) in [5.41, 5.74) is 0. The molecule has 1 N–H and O–H groups in total. The molecule has 0 saturated heterocycles. The number of quaternary nitrogens is 1. The maximum Gasteiger partial charge on any atom is 0.472 e. The second-order valence-electron chi connectivity index (χ2n) is 16.4. The predicted molar refractivity (Wildman–Crippen MR) is 238 cm³/mol. The summed E-state index contributed by atoms with van der Waals surface area (Å²) in [5.74, 6) is -0.844. The van der Waals surface area contributed by atoms with Gasteiger partial charge in [-0.3, -0.25) is 18.6 Å². The van der Waals surface area contributed by atoms with Crippen LogP contribution < -0.4 is 0 Å². The van der Waals surface area contributed by atoms with E-state index in [-0.39, 0.29) is 32.0 Å². The predicted octanol–water partition coefficient (Wildman–Crippen LogP) is 13.1. The molecule has 0 aliphatic heterocycles. The van der Waals surface area contributed by atoms with E-state index in [1.54, 1.807) is 0 Å². The molecule has 57 heavy (non-hydrogen) atoms. The van der Waals surface area contributed by atoms with Gasteiger partial charge in [0.2, 0.25) is 0 Å². The molecule has 0 rings (SSSR count). The monoisotopic (exact) mass is 825 g/mol. The molecular formula is C47H87NO8P+. The molecular weight excluding hydrogens is 737 g/mol. The summed E-state index contributed by atoms with van der Waals surface area (Å²) in [6, 6.07) is 0. The molecule has 0 heterocycles. The zero-order valence-corrected chi connectivity index (χ0v) is 38.2. The van der Waals surface area contributed by atoms with Gasteiger partial charge in [-0.2, -0.15) is 0 Å². The van der Waals surface area contributed by atoms with Crippen molar-refractivity contribution in [3.8, 4) is 0 Å². The summed E-state index contributed by atoms with van der Waals surface area (Å²) in [6.07, 6.45) is 45.9. The van der Waals surface area contributed by atoms with Crippen LogP contribution in [0.15, 0.2) is 48.6 Å². The van der Waals surface area contributed by atoms with Crippen molar-refractivity contribution in [1.82, 2.24) is 0 Å². The summed E-state index contributed by atoms with van der Waals surface area (Å²) >= 11 is 0. The quantitative estimate of drug-likeness (QED) is 0.0213. The number of unbranched alkanes of at least 4 members (excludes halogenated alkanes) is 19. The number of esters is 2. The van der Waals surface area contributed by atoms with Crippen LogP contribution in [0.2, 0.25) is 0 Å². The summed E-state index contributed by atoms with van der Waals surface area (Å²) < 4.78 is 34.3. The van der Waals surface area contributed by atoms with Crippen LogP contribution in [0.3, 0.4) is 0 Å². The minimum absolute atomic E-state index is 0.0232. The largest absolute Gasteiger partial charge is 0.472 e. The summed E-state index contributed by atoms with van der Waals surface area (Å²) in [5, 5.41) is 0. The third-order valence-electron chi connectivity index (χ3n) is 9.62. The van der Waals surface area contributed by atoms with E-state index in [0.717, 1.165) is 57.8 Å². The first-order valence-corrected chi connectivity index (χ1v) is 24.4. The van der Waals surface area contributed by atoms with Crippen molar-refractivity contribution in [3.63, 3.8) is 0 Å². The van der Waals surface area contributed by atoms with Crippen LogP contribution >= 0.6 is 7.82 Å². The number of allylic oxidation sites excluding steroid dienone is 8. The molecule has 9 nitrogen and oxygen atoms in total. The van der Waals surface area contributed by atoms with Gasteiger partial charge in [0, 0.05) is 12.8 Å². The Morgan fingerprint density at radius 1 is 0.561 bits per heavy atom. The van der Waals surface area contributed by atoms with Gasteiger partial charge >= 0.3 is 19.8 Å². The van der Waals surface area contributed by atoms with Crippen LogP contribution in [-0.4, -0.2) is 74.9 Å². The Hall–Kier alpha value is -2.03.